The Hall–Kier alpha value is -4.68. The summed E-state index contributed by atoms with van der Waals surface area (Å²) in [5, 5.41) is 0. The first kappa shape index (κ1) is 43.9. The smallest absolute Gasteiger partial charge is 0.150 e. The Morgan fingerprint density at radius 2 is 1.05 bits per heavy atom. The van der Waals surface area contributed by atoms with Crippen molar-refractivity contribution in [2.75, 3.05) is 29.6 Å². The average molecular weight is 811 g/mol. The van der Waals surface area contributed by atoms with Gasteiger partial charge in [-0.05, 0) is 133 Å². The van der Waals surface area contributed by atoms with Gasteiger partial charge in [0.25, 0.3) is 0 Å². The molecule has 59 heavy (non-hydrogen) atoms. The zero-order valence-corrected chi connectivity index (χ0v) is 37.1. The molecule has 0 spiro atoms. The van der Waals surface area contributed by atoms with Crippen LogP contribution in [0.5, 0.6) is 11.5 Å². The summed E-state index contributed by atoms with van der Waals surface area (Å²) < 4.78 is 12.6. The van der Waals surface area contributed by atoms with E-state index in [2.05, 4.69) is 141 Å². The standard InChI is InChI=1S/C53H66N2O3S/c1-6-11-14-15-34-54-50-32-18-42(37-56)35-52(50)59-53-36-44(21-33-51(53)54)43-19-22-45(23-20-43)55(46-24-28-48(29-25-46)57-38-40(9-4)16-12-7-2)47-26-30-49(31-27-47)58-39-41(10-5)17-13-8-3/h18-33,35-37,40-41H,6-17,34,38-39H2,1-5H3. The molecule has 0 aromatic heterocycles. The third-order valence-corrected chi connectivity index (χ3v) is 12.9. The Bertz CT molecular complexity index is 1970. The van der Waals surface area contributed by atoms with E-state index in [0.29, 0.717) is 17.4 Å². The van der Waals surface area contributed by atoms with Crippen LogP contribution in [0.2, 0.25) is 0 Å². The van der Waals surface area contributed by atoms with Crippen molar-refractivity contribution in [3.05, 3.63) is 115 Å². The first-order chi connectivity index (χ1) is 29.0. The number of unbranched alkanes of at least 4 members (excludes halogenated alkanes) is 5. The summed E-state index contributed by atoms with van der Waals surface area (Å²) >= 11 is 1.76. The molecule has 5 aromatic carbocycles. The van der Waals surface area contributed by atoms with Gasteiger partial charge >= 0.3 is 0 Å². The molecule has 0 saturated heterocycles. The zero-order chi connectivity index (χ0) is 41.4. The third kappa shape index (κ3) is 11.8. The molecule has 6 rings (SSSR count). The lowest BCUT2D eigenvalue weighted by molar-refractivity contribution is 0.112. The minimum absolute atomic E-state index is 0.582. The summed E-state index contributed by atoms with van der Waals surface area (Å²) in [7, 11) is 0. The second-order valence-corrected chi connectivity index (χ2v) is 17.3. The van der Waals surface area contributed by atoms with Crippen molar-refractivity contribution in [3.8, 4) is 22.6 Å². The van der Waals surface area contributed by atoms with Crippen LogP contribution >= 0.6 is 11.8 Å². The van der Waals surface area contributed by atoms with E-state index in [-0.39, 0.29) is 0 Å². The van der Waals surface area contributed by atoms with Gasteiger partial charge in [-0.3, -0.25) is 4.79 Å². The molecule has 0 saturated carbocycles. The van der Waals surface area contributed by atoms with Crippen molar-refractivity contribution in [3.63, 3.8) is 0 Å². The number of hydrogen-bond donors (Lipinski definition) is 0. The van der Waals surface area contributed by atoms with E-state index in [1.807, 2.05) is 12.1 Å². The van der Waals surface area contributed by atoms with Gasteiger partial charge in [0, 0.05) is 39.0 Å². The van der Waals surface area contributed by atoms with Gasteiger partial charge < -0.3 is 19.3 Å². The first-order valence-corrected chi connectivity index (χ1v) is 23.3. The first-order valence-electron chi connectivity index (χ1n) is 22.5. The maximum atomic E-state index is 11.7. The molecular formula is C53H66N2O3S. The number of aldehydes is 1. The summed E-state index contributed by atoms with van der Waals surface area (Å²) in [6.07, 6.45) is 15.4. The van der Waals surface area contributed by atoms with Gasteiger partial charge in [-0.2, -0.15) is 0 Å². The van der Waals surface area contributed by atoms with Crippen molar-refractivity contribution < 1.29 is 14.3 Å². The molecule has 0 radical (unpaired) electrons. The molecule has 2 atom stereocenters. The highest BCUT2D eigenvalue weighted by Gasteiger charge is 2.24. The number of rotatable bonds is 24. The Balaban J connectivity index is 1.26. The van der Waals surface area contributed by atoms with E-state index >= 15 is 0 Å². The topological polar surface area (TPSA) is 42.0 Å². The lowest BCUT2D eigenvalue weighted by atomic mass is 10.0. The van der Waals surface area contributed by atoms with Crippen molar-refractivity contribution in [2.45, 2.75) is 121 Å². The predicted molar refractivity (Wildman–Crippen MR) is 251 cm³/mol. The molecule has 0 fully saturated rings. The monoisotopic (exact) mass is 810 g/mol. The van der Waals surface area contributed by atoms with E-state index in [0.717, 1.165) is 84.3 Å². The maximum absolute atomic E-state index is 11.7. The lowest BCUT2D eigenvalue weighted by Gasteiger charge is -2.33. The molecule has 0 bridgehead atoms. The Morgan fingerprint density at radius 1 is 0.559 bits per heavy atom. The van der Waals surface area contributed by atoms with Crippen molar-refractivity contribution in [1.82, 2.24) is 0 Å². The third-order valence-electron chi connectivity index (χ3n) is 11.8. The minimum atomic E-state index is 0.582. The number of fused-ring (bicyclic) bond motifs is 2. The Morgan fingerprint density at radius 3 is 1.56 bits per heavy atom. The fraction of sp³-hybridized carbons (Fsp3) is 0.415. The summed E-state index contributed by atoms with van der Waals surface area (Å²) in [6, 6.07) is 39.0. The van der Waals surface area contributed by atoms with Crippen LogP contribution in [-0.2, 0) is 0 Å². The molecule has 5 nitrogen and oxygen atoms in total. The van der Waals surface area contributed by atoms with Gasteiger partial charge in [0.2, 0.25) is 0 Å². The molecule has 1 heterocycles. The lowest BCUT2D eigenvalue weighted by Crippen LogP contribution is -2.22. The van der Waals surface area contributed by atoms with Crippen molar-refractivity contribution in [1.29, 1.82) is 0 Å². The van der Waals surface area contributed by atoms with Crippen LogP contribution in [0, 0.1) is 11.8 Å². The normalized spacial score (nSPS) is 13.0. The highest BCUT2D eigenvalue weighted by molar-refractivity contribution is 7.99. The van der Waals surface area contributed by atoms with E-state index < -0.39 is 0 Å². The highest BCUT2D eigenvalue weighted by Crippen LogP contribution is 2.50. The molecule has 312 valence electrons. The van der Waals surface area contributed by atoms with Crippen LogP contribution in [0.1, 0.15) is 122 Å². The molecule has 1 aliphatic heterocycles. The summed E-state index contributed by atoms with van der Waals surface area (Å²) in [5.74, 6) is 2.98. The number of hydrogen-bond acceptors (Lipinski definition) is 6. The summed E-state index contributed by atoms with van der Waals surface area (Å²) in [4.78, 5) is 18.8. The van der Waals surface area contributed by atoms with Gasteiger partial charge in [0.05, 0.1) is 24.6 Å². The van der Waals surface area contributed by atoms with Gasteiger partial charge in [0.15, 0.2) is 0 Å². The molecule has 2 unspecified atom stereocenters. The molecule has 6 heteroatoms. The fourth-order valence-corrected chi connectivity index (χ4v) is 9.13. The fourth-order valence-electron chi connectivity index (χ4n) is 7.95. The molecule has 0 amide bonds. The zero-order valence-electron chi connectivity index (χ0n) is 36.3. The number of ether oxygens (including phenoxy) is 2. The van der Waals surface area contributed by atoms with Gasteiger partial charge in [-0.1, -0.05) is 122 Å². The van der Waals surface area contributed by atoms with Crippen LogP contribution in [0.3, 0.4) is 0 Å². The van der Waals surface area contributed by atoms with E-state index in [9.17, 15) is 4.79 Å². The van der Waals surface area contributed by atoms with Crippen LogP contribution in [0.4, 0.5) is 28.4 Å². The summed E-state index contributed by atoms with van der Waals surface area (Å²) in [6.45, 7) is 13.8. The second-order valence-electron chi connectivity index (χ2n) is 16.2. The SMILES string of the molecule is CCCCCCN1c2ccc(C=O)cc2Sc2cc(-c3ccc(N(c4ccc(OCC(CC)CCCC)cc4)c4ccc(OCC(CC)CCCC)cc4)cc3)ccc21. The van der Waals surface area contributed by atoms with Crippen LogP contribution in [0.15, 0.2) is 119 Å². The highest BCUT2D eigenvalue weighted by atomic mass is 32.2. The molecular weight excluding hydrogens is 745 g/mol. The predicted octanol–water partition coefficient (Wildman–Crippen LogP) is 16.0. The second kappa shape index (κ2) is 22.6. The van der Waals surface area contributed by atoms with E-state index in [1.165, 1.54) is 79.6 Å². The molecule has 0 aliphatic carbocycles. The number of anilines is 5. The Kier molecular flexibility index (Phi) is 16.8. The Labute approximate surface area is 359 Å². The van der Waals surface area contributed by atoms with Crippen molar-refractivity contribution >= 4 is 46.5 Å². The molecule has 0 N–H and O–H groups in total. The maximum Gasteiger partial charge on any atom is 0.150 e. The average Bonchev–Trinajstić information content (AvgIpc) is 3.28. The van der Waals surface area contributed by atoms with Gasteiger partial charge in [0.1, 0.15) is 17.8 Å². The summed E-state index contributed by atoms with van der Waals surface area (Å²) in [5.41, 5.74) is 8.69. The van der Waals surface area contributed by atoms with Crippen LogP contribution in [0.25, 0.3) is 11.1 Å². The molecule has 5 aromatic rings. The van der Waals surface area contributed by atoms with Crippen LogP contribution in [-0.4, -0.2) is 26.0 Å². The van der Waals surface area contributed by atoms with Gasteiger partial charge in [-0.15, -0.1) is 0 Å². The quantitative estimate of drug-likeness (QED) is 0.0457. The number of carbonyl (C=O) groups excluding carboxylic acids is 1. The van der Waals surface area contributed by atoms with Crippen molar-refractivity contribution in [2.24, 2.45) is 11.8 Å². The van der Waals surface area contributed by atoms with E-state index in [4.69, 9.17) is 9.47 Å². The van der Waals surface area contributed by atoms with Gasteiger partial charge in [-0.25, -0.2) is 0 Å². The van der Waals surface area contributed by atoms with E-state index in [1.54, 1.807) is 11.8 Å². The van der Waals surface area contributed by atoms with Crippen LogP contribution < -0.4 is 19.3 Å². The number of benzene rings is 5. The molecule has 1 aliphatic rings. The largest absolute Gasteiger partial charge is 0.493 e. The number of carbonyl (C=O) groups is 1. The minimum Gasteiger partial charge on any atom is -0.493 e. The number of nitrogens with zero attached hydrogens (tertiary/aromatic N) is 2.